The lowest BCUT2D eigenvalue weighted by Crippen LogP contribution is -2.11. The number of H-pyrrole nitrogens is 1. The first-order valence-corrected chi connectivity index (χ1v) is 5.79. The summed E-state index contributed by atoms with van der Waals surface area (Å²) < 4.78 is 19.3. The number of aromatic amines is 1. The summed E-state index contributed by atoms with van der Waals surface area (Å²) in [6.07, 6.45) is 1.50. The van der Waals surface area contributed by atoms with Crippen LogP contribution in [0.5, 0.6) is 11.6 Å². The number of fused-ring (bicyclic) bond motifs is 1. The van der Waals surface area contributed by atoms with Crippen molar-refractivity contribution in [1.29, 1.82) is 0 Å². The summed E-state index contributed by atoms with van der Waals surface area (Å²) in [5, 5.41) is 7.06. The van der Waals surface area contributed by atoms with Crippen molar-refractivity contribution >= 4 is 17.0 Å². The van der Waals surface area contributed by atoms with Gasteiger partial charge in [0.05, 0.1) is 6.20 Å². The van der Waals surface area contributed by atoms with Crippen molar-refractivity contribution in [2.45, 2.75) is 6.92 Å². The predicted molar refractivity (Wildman–Crippen MR) is 70.7 cm³/mol. The molecule has 0 saturated carbocycles. The van der Waals surface area contributed by atoms with Crippen molar-refractivity contribution in [3.8, 4) is 11.6 Å². The number of hydrogen-bond acceptors (Lipinski definition) is 6. The van der Waals surface area contributed by atoms with Crippen molar-refractivity contribution in [3.05, 3.63) is 35.8 Å². The van der Waals surface area contributed by atoms with E-state index in [0.29, 0.717) is 11.0 Å². The van der Waals surface area contributed by atoms with Crippen LogP contribution in [0.3, 0.4) is 0 Å². The van der Waals surface area contributed by atoms with Crippen molar-refractivity contribution in [3.63, 3.8) is 0 Å². The van der Waals surface area contributed by atoms with Crippen LogP contribution in [-0.4, -0.2) is 20.2 Å². The number of halogens is 1. The molecule has 20 heavy (non-hydrogen) atoms. The van der Waals surface area contributed by atoms with E-state index in [1.807, 2.05) is 6.92 Å². The van der Waals surface area contributed by atoms with Gasteiger partial charge in [-0.2, -0.15) is 15.1 Å². The lowest BCUT2D eigenvalue weighted by molar-refractivity contribution is 0.432. The fraction of sp³-hybridized carbons (Fsp3) is 0.0833. The van der Waals surface area contributed by atoms with E-state index in [1.165, 1.54) is 12.3 Å². The van der Waals surface area contributed by atoms with Gasteiger partial charge in [0.25, 0.3) is 0 Å². The minimum absolute atomic E-state index is 0.0779. The molecule has 2 heterocycles. The highest BCUT2D eigenvalue weighted by molar-refractivity contribution is 5.80. The van der Waals surface area contributed by atoms with Gasteiger partial charge >= 0.3 is 0 Å². The van der Waals surface area contributed by atoms with Crippen LogP contribution in [0.25, 0.3) is 11.0 Å². The summed E-state index contributed by atoms with van der Waals surface area (Å²) >= 11 is 0. The SMILES string of the molecule is Cc1ccc(F)c(Oc2nc(NN)nc3[nH]ncc23)c1. The summed E-state index contributed by atoms with van der Waals surface area (Å²) in [6.45, 7) is 1.84. The normalized spacial score (nSPS) is 10.8. The molecule has 1 aromatic carbocycles. The fourth-order valence-corrected chi connectivity index (χ4v) is 1.74. The largest absolute Gasteiger partial charge is 0.435 e. The topological polar surface area (TPSA) is 102 Å². The first kappa shape index (κ1) is 12.3. The number of nitrogens with zero attached hydrogens (tertiary/aromatic N) is 3. The van der Waals surface area contributed by atoms with E-state index in [9.17, 15) is 4.39 Å². The third-order valence-electron chi connectivity index (χ3n) is 2.70. The molecule has 8 heteroatoms. The second-order valence-electron chi connectivity index (χ2n) is 4.16. The molecule has 0 aliphatic carbocycles. The number of rotatable bonds is 3. The number of nitrogens with one attached hydrogen (secondary N) is 2. The molecule has 0 radical (unpaired) electrons. The molecule has 4 N–H and O–H groups in total. The van der Waals surface area contributed by atoms with E-state index in [1.54, 1.807) is 12.1 Å². The predicted octanol–water partition coefficient (Wildman–Crippen LogP) is 1.88. The Kier molecular flexibility index (Phi) is 2.92. The Labute approximate surface area is 113 Å². The Bertz CT molecular complexity index is 772. The summed E-state index contributed by atoms with van der Waals surface area (Å²) in [5.74, 6) is 5.20. The third-order valence-corrected chi connectivity index (χ3v) is 2.70. The lowest BCUT2D eigenvalue weighted by atomic mass is 10.2. The Balaban J connectivity index is 2.09. The highest BCUT2D eigenvalue weighted by Crippen LogP contribution is 2.29. The van der Waals surface area contributed by atoms with Gasteiger partial charge in [0.1, 0.15) is 5.39 Å². The third kappa shape index (κ3) is 2.12. The molecule has 0 aliphatic rings. The van der Waals surface area contributed by atoms with Crippen LogP contribution < -0.4 is 16.0 Å². The molecule has 3 aromatic rings. The maximum Gasteiger partial charge on any atom is 0.242 e. The highest BCUT2D eigenvalue weighted by Gasteiger charge is 2.13. The van der Waals surface area contributed by atoms with Gasteiger partial charge in [-0.15, -0.1) is 0 Å². The lowest BCUT2D eigenvalue weighted by Gasteiger charge is -2.08. The fourth-order valence-electron chi connectivity index (χ4n) is 1.74. The highest BCUT2D eigenvalue weighted by atomic mass is 19.1. The molecule has 0 atom stereocenters. The second-order valence-corrected chi connectivity index (χ2v) is 4.16. The Morgan fingerprint density at radius 2 is 2.20 bits per heavy atom. The van der Waals surface area contributed by atoms with E-state index in [4.69, 9.17) is 10.6 Å². The van der Waals surface area contributed by atoms with E-state index >= 15 is 0 Å². The minimum atomic E-state index is -0.479. The second kappa shape index (κ2) is 4.74. The zero-order valence-corrected chi connectivity index (χ0v) is 10.5. The summed E-state index contributed by atoms with van der Waals surface area (Å²) in [4.78, 5) is 8.12. The Hall–Kier alpha value is -2.74. The molecule has 7 nitrogen and oxygen atoms in total. The molecule has 0 aliphatic heterocycles. The van der Waals surface area contributed by atoms with Gasteiger partial charge in [0, 0.05) is 0 Å². The van der Waals surface area contributed by atoms with Gasteiger partial charge in [-0.25, -0.2) is 10.2 Å². The molecule has 2 aromatic heterocycles. The number of ether oxygens (including phenoxy) is 1. The van der Waals surface area contributed by atoms with E-state index < -0.39 is 5.82 Å². The summed E-state index contributed by atoms with van der Waals surface area (Å²) in [5.41, 5.74) is 3.63. The molecule has 0 amide bonds. The van der Waals surface area contributed by atoms with Crippen LogP contribution in [0.1, 0.15) is 5.56 Å². The van der Waals surface area contributed by atoms with Gasteiger partial charge in [-0.3, -0.25) is 10.5 Å². The average Bonchev–Trinajstić information content (AvgIpc) is 2.91. The number of anilines is 1. The van der Waals surface area contributed by atoms with Crippen LogP contribution >= 0.6 is 0 Å². The Morgan fingerprint density at radius 1 is 1.35 bits per heavy atom. The maximum absolute atomic E-state index is 13.7. The van der Waals surface area contributed by atoms with E-state index in [-0.39, 0.29) is 17.6 Å². The van der Waals surface area contributed by atoms with Crippen molar-refractivity contribution in [2.24, 2.45) is 5.84 Å². The molecule has 0 saturated heterocycles. The molecule has 0 unspecified atom stereocenters. The van der Waals surface area contributed by atoms with Crippen LogP contribution in [-0.2, 0) is 0 Å². The van der Waals surface area contributed by atoms with Crippen LogP contribution in [0.15, 0.2) is 24.4 Å². The van der Waals surface area contributed by atoms with Gasteiger partial charge in [-0.1, -0.05) is 6.07 Å². The number of aromatic nitrogens is 4. The van der Waals surface area contributed by atoms with Crippen molar-refractivity contribution in [2.75, 3.05) is 5.43 Å². The standard InChI is InChI=1S/C12H11FN6O/c1-6-2-3-8(13)9(4-6)20-11-7-5-15-19-10(7)16-12(17-11)18-14/h2-5H,14H2,1H3,(H2,15,16,17,18,19). The molecule has 0 spiro atoms. The number of nitrogens with two attached hydrogens (primary N) is 1. The molecule has 0 bridgehead atoms. The smallest absolute Gasteiger partial charge is 0.242 e. The minimum Gasteiger partial charge on any atom is -0.435 e. The molecule has 0 fully saturated rings. The number of benzene rings is 1. The van der Waals surface area contributed by atoms with Crippen molar-refractivity contribution in [1.82, 2.24) is 20.2 Å². The van der Waals surface area contributed by atoms with Crippen LogP contribution in [0.2, 0.25) is 0 Å². The van der Waals surface area contributed by atoms with Gasteiger partial charge < -0.3 is 4.74 Å². The number of aryl methyl sites for hydroxylation is 1. The molecule has 3 rings (SSSR count). The number of nitrogen functional groups attached to an aromatic ring is 1. The summed E-state index contributed by atoms with van der Waals surface area (Å²) in [6, 6.07) is 4.57. The van der Waals surface area contributed by atoms with Gasteiger partial charge in [0.2, 0.25) is 11.8 Å². The maximum atomic E-state index is 13.7. The average molecular weight is 274 g/mol. The van der Waals surface area contributed by atoms with Crippen molar-refractivity contribution < 1.29 is 9.13 Å². The molecule has 102 valence electrons. The number of hydrogen-bond donors (Lipinski definition) is 3. The Morgan fingerprint density at radius 3 is 3.00 bits per heavy atom. The van der Waals surface area contributed by atoms with Gasteiger partial charge in [0.15, 0.2) is 17.2 Å². The quantitative estimate of drug-likeness (QED) is 0.498. The van der Waals surface area contributed by atoms with Gasteiger partial charge in [-0.05, 0) is 24.6 Å². The van der Waals surface area contributed by atoms with Crippen LogP contribution in [0, 0.1) is 12.7 Å². The monoisotopic (exact) mass is 274 g/mol. The van der Waals surface area contributed by atoms with E-state index in [2.05, 4.69) is 25.6 Å². The zero-order valence-electron chi connectivity index (χ0n) is 10.5. The molecular formula is C12H11FN6O. The van der Waals surface area contributed by atoms with Crippen LogP contribution in [0.4, 0.5) is 10.3 Å². The first-order valence-electron chi connectivity index (χ1n) is 5.79. The summed E-state index contributed by atoms with van der Waals surface area (Å²) in [7, 11) is 0. The zero-order chi connectivity index (χ0) is 14.1. The van der Waals surface area contributed by atoms with E-state index in [0.717, 1.165) is 5.56 Å². The molecular weight excluding hydrogens is 263 g/mol. The number of hydrazine groups is 1. The first-order chi connectivity index (χ1) is 9.67.